The van der Waals surface area contributed by atoms with E-state index >= 15 is 0 Å². The Morgan fingerprint density at radius 2 is 1.69 bits per heavy atom. The summed E-state index contributed by atoms with van der Waals surface area (Å²) < 4.78 is 16.4. The van der Waals surface area contributed by atoms with Gasteiger partial charge >= 0.3 is 0 Å². The molecular weight excluding hydrogens is 434 g/mol. The molecule has 2 aromatic carbocycles. The second-order valence-corrected chi connectivity index (χ2v) is 7.42. The van der Waals surface area contributed by atoms with Gasteiger partial charge < -0.3 is 14.0 Å². The van der Waals surface area contributed by atoms with Crippen LogP contribution in [0.1, 0.15) is 39.4 Å². The zero-order chi connectivity index (χ0) is 22.3. The average molecular weight is 456 g/mol. The molecule has 8 nitrogen and oxygen atoms in total. The van der Waals surface area contributed by atoms with Crippen LogP contribution in [-0.2, 0) is 10.6 Å². The molecule has 3 aromatic rings. The van der Waals surface area contributed by atoms with Crippen LogP contribution in [0.4, 0.5) is 0 Å². The van der Waals surface area contributed by atoms with Crippen LogP contribution in [0.15, 0.2) is 53.1 Å². The zero-order valence-corrected chi connectivity index (χ0v) is 18.1. The Hall–Kier alpha value is -3.23. The third-order valence-corrected chi connectivity index (χ3v) is 5.15. The van der Waals surface area contributed by atoms with Gasteiger partial charge in [-0.15, -0.1) is 11.6 Å². The Morgan fingerprint density at radius 3 is 2.41 bits per heavy atom. The van der Waals surface area contributed by atoms with Gasteiger partial charge in [0.25, 0.3) is 11.8 Å². The minimum absolute atomic E-state index is 0.168. The lowest BCUT2D eigenvalue weighted by Gasteiger charge is -2.13. The number of alkyl halides is 1. The first-order chi connectivity index (χ1) is 15.7. The number of carbonyl (C=O) groups excluding carboxylic acids is 2. The first kappa shape index (κ1) is 22.0. The van der Waals surface area contributed by atoms with Crippen LogP contribution >= 0.6 is 11.6 Å². The Balaban J connectivity index is 1.13. The molecule has 1 aliphatic rings. The van der Waals surface area contributed by atoms with Gasteiger partial charge in [-0.3, -0.25) is 14.5 Å². The third kappa shape index (κ3) is 4.98. The predicted octanol–water partition coefficient (Wildman–Crippen LogP) is 3.95. The smallest absolute Gasteiger partial charge is 0.261 e. The standard InChI is InChI=1S/C23H22ClN3O5/c24-15-20-25-21(26-32-20)16-6-3-7-17(14-16)31-13-5-12-30-11-4-10-27-22(28)18-8-1-2-9-19(18)23(27)29/h1-3,6-9,14H,4-5,10-13,15H2. The van der Waals surface area contributed by atoms with E-state index in [0.717, 1.165) is 5.56 Å². The molecule has 0 aliphatic carbocycles. The van der Waals surface area contributed by atoms with E-state index < -0.39 is 0 Å². The van der Waals surface area contributed by atoms with Crippen LogP contribution in [0.3, 0.4) is 0 Å². The van der Waals surface area contributed by atoms with Crippen molar-refractivity contribution >= 4 is 23.4 Å². The summed E-state index contributed by atoms with van der Waals surface area (Å²) in [5.41, 5.74) is 1.73. The molecule has 0 saturated heterocycles. The first-order valence-electron chi connectivity index (χ1n) is 10.3. The minimum atomic E-state index is -0.235. The summed E-state index contributed by atoms with van der Waals surface area (Å²) in [6, 6.07) is 14.3. The van der Waals surface area contributed by atoms with Crippen LogP contribution in [0.2, 0.25) is 0 Å². The van der Waals surface area contributed by atoms with E-state index in [2.05, 4.69) is 10.1 Å². The maximum atomic E-state index is 12.3. The van der Waals surface area contributed by atoms with Gasteiger partial charge in [-0.1, -0.05) is 29.4 Å². The molecule has 9 heteroatoms. The molecule has 0 fully saturated rings. The SMILES string of the molecule is O=C1c2ccccc2C(=O)N1CCCOCCCOc1cccc(-c2noc(CCl)n2)c1. The van der Waals surface area contributed by atoms with Crippen molar-refractivity contribution in [3.63, 3.8) is 0 Å². The van der Waals surface area contributed by atoms with E-state index in [1.165, 1.54) is 4.90 Å². The lowest BCUT2D eigenvalue weighted by molar-refractivity contribution is 0.0622. The van der Waals surface area contributed by atoms with Crippen molar-refractivity contribution in [3.8, 4) is 17.1 Å². The normalized spacial score (nSPS) is 13.0. The van der Waals surface area contributed by atoms with E-state index in [1.54, 1.807) is 24.3 Å². The van der Waals surface area contributed by atoms with Crippen molar-refractivity contribution in [2.75, 3.05) is 26.4 Å². The van der Waals surface area contributed by atoms with Crippen molar-refractivity contribution in [1.29, 1.82) is 0 Å². The Labute approximate surface area is 190 Å². The van der Waals surface area contributed by atoms with Crippen LogP contribution < -0.4 is 4.74 Å². The molecule has 0 radical (unpaired) electrons. The number of benzene rings is 2. The fourth-order valence-electron chi connectivity index (χ4n) is 3.37. The van der Waals surface area contributed by atoms with Gasteiger partial charge in [-0.2, -0.15) is 4.98 Å². The van der Waals surface area contributed by atoms with Crippen LogP contribution in [0, 0.1) is 0 Å². The fraction of sp³-hybridized carbons (Fsp3) is 0.304. The fourth-order valence-corrected chi connectivity index (χ4v) is 3.48. The Kier molecular flexibility index (Phi) is 7.14. The second-order valence-electron chi connectivity index (χ2n) is 7.15. The molecule has 0 unspecified atom stereocenters. The molecule has 0 atom stereocenters. The second kappa shape index (κ2) is 10.4. The number of carbonyl (C=O) groups is 2. The highest BCUT2D eigenvalue weighted by Gasteiger charge is 2.34. The Morgan fingerprint density at radius 1 is 0.938 bits per heavy atom. The molecule has 2 amide bonds. The first-order valence-corrected chi connectivity index (χ1v) is 10.9. The number of halogens is 1. The van der Waals surface area contributed by atoms with E-state index in [-0.39, 0.29) is 17.7 Å². The lowest BCUT2D eigenvalue weighted by Crippen LogP contribution is -2.31. The Bertz CT molecular complexity index is 1070. The zero-order valence-electron chi connectivity index (χ0n) is 17.3. The van der Waals surface area contributed by atoms with Crippen LogP contribution in [-0.4, -0.2) is 53.2 Å². The van der Waals surface area contributed by atoms with Crippen molar-refractivity contribution in [2.24, 2.45) is 0 Å². The highest BCUT2D eigenvalue weighted by atomic mass is 35.5. The number of amides is 2. The third-order valence-electron chi connectivity index (χ3n) is 4.92. The monoisotopic (exact) mass is 455 g/mol. The van der Waals surface area contributed by atoms with Crippen molar-refractivity contribution < 1.29 is 23.6 Å². The number of rotatable bonds is 11. The number of aromatic nitrogens is 2. The predicted molar refractivity (Wildman–Crippen MR) is 117 cm³/mol. The van der Waals surface area contributed by atoms with Crippen LogP contribution in [0.25, 0.3) is 11.4 Å². The maximum absolute atomic E-state index is 12.3. The highest BCUT2D eigenvalue weighted by Crippen LogP contribution is 2.23. The van der Waals surface area contributed by atoms with Crippen molar-refractivity contribution in [1.82, 2.24) is 15.0 Å². The molecule has 32 heavy (non-hydrogen) atoms. The molecule has 4 rings (SSSR count). The van der Waals surface area contributed by atoms with Gasteiger partial charge in [0, 0.05) is 31.7 Å². The number of ether oxygens (including phenoxy) is 2. The van der Waals surface area contributed by atoms with E-state index in [0.29, 0.717) is 67.8 Å². The average Bonchev–Trinajstić information content (AvgIpc) is 3.40. The van der Waals surface area contributed by atoms with Crippen molar-refractivity contribution in [2.45, 2.75) is 18.7 Å². The number of nitrogens with zero attached hydrogens (tertiary/aromatic N) is 3. The summed E-state index contributed by atoms with van der Waals surface area (Å²) in [4.78, 5) is 30.1. The minimum Gasteiger partial charge on any atom is -0.493 e. The number of hydrogen-bond acceptors (Lipinski definition) is 7. The molecular formula is C23H22ClN3O5. The topological polar surface area (TPSA) is 94.8 Å². The molecule has 1 aliphatic heterocycles. The van der Waals surface area contributed by atoms with Gasteiger partial charge in [-0.05, 0) is 30.7 Å². The molecule has 0 saturated carbocycles. The summed E-state index contributed by atoms with van der Waals surface area (Å²) in [5.74, 6) is 1.23. The summed E-state index contributed by atoms with van der Waals surface area (Å²) in [6.07, 6.45) is 1.29. The summed E-state index contributed by atoms with van der Waals surface area (Å²) >= 11 is 5.69. The van der Waals surface area contributed by atoms with E-state index in [9.17, 15) is 9.59 Å². The lowest BCUT2D eigenvalue weighted by atomic mass is 10.1. The largest absolute Gasteiger partial charge is 0.493 e. The summed E-state index contributed by atoms with van der Waals surface area (Å²) in [5, 5.41) is 3.89. The van der Waals surface area contributed by atoms with E-state index in [1.807, 2.05) is 24.3 Å². The number of hydrogen-bond donors (Lipinski definition) is 0. The summed E-state index contributed by atoms with van der Waals surface area (Å²) in [7, 11) is 0. The summed E-state index contributed by atoms with van der Waals surface area (Å²) in [6.45, 7) is 1.81. The molecule has 2 heterocycles. The van der Waals surface area contributed by atoms with Gasteiger partial charge in [-0.25, -0.2) is 0 Å². The molecule has 166 valence electrons. The quantitative estimate of drug-likeness (QED) is 0.245. The highest BCUT2D eigenvalue weighted by molar-refractivity contribution is 6.21. The van der Waals surface area contributed by atoms with Crippen molar-refractivity contribution in [3.05, 3.63) is 65.5 Å². The van der Waals surface area contributed by atoms with Crippen LogP contribution in [0.5, 0.6) is 5.75 Å². The van der Waals surface area contributed by atoms with Gasteiger partial charge in [0.15, 0.2) is 0 Å². The number of fused-ring (bicyclic) bond motifs is 1. The molecule has 1 aromatic heterocycles. The van der Waals surface area contributed by atoms with E-state index in [4.69, 9.17) is 25.6 Å². The van der Waals surface area contributed by atoms with Gasteiger partial charge in [0.2, 0.25) is 11.7 Å². The molecule has 0 spiro atoms. The molecule has 0 N–H and O–H groups in total. The maximum Gasteiger partial charge on any atom is 0.261 e. The van der Waals surface area contributed by atoms with Gasteiger partial charge in [0.1, 0.15) is 11.6 Å². The number of imide groups is 1. The van der Waals surface area contributed by atoms with Gasteiger partial charge in [0.05, 0.1) is 17.7 Å². The molecule has 0 bridgehead atoms.